The highest BCUT2D eigenvalue weighted by atomic mass is 16.5. The third kappa shape index (κ3) is 2.59. The summed E-state index contributed by atoms with van der Waals surface area (Å²) in [5.74, 6) is -0.228. The molecule has 2 aromatic rings. The van der Waals surface area contributed by atoms with E-state index < -0.39 is 5.97 Å². The summed E-state index contributed by atoms with van der Waals surface area (Å²) < 4.78 is 5.29. The molecule has 0 unspecified atom stereocenters. The average Bonchev–Trinajstić information content (AvgIpc) is 2.75. The van der Waals surface area contributed by atoms with E-state index in [1.807, 2.05) is 45.9 Å². The first-order valence-corrected chi connectivity index (χ1v) is 6.70. The zero-order valence-electron chi connectivity index (χ0n) is 12.2. The predicted octanol–water partition coefficient (Wildman–Crippen LogP) is 3.86. The van der Waals surface area contributed by atoms with Gasteiger partial charge in [0, 0.05) is 12.0 Å². The second-order valence-corrected chi connectivity index (χ2v) is 5.48. The molecule has 106 valence electrons. The van der Waals surface area contributed by atoms with Crippen LogP contribution >= 0.6 is 0 Å². The smallest absolute Gasteiger partial charge is 0.341 e. The summed E-state index contributed by atoms with van der Waals surface area (Å²) in [6, 6.07) is 5.78. The van der Waals surface area contributed by atoms with E-state index in [1.54, 1.807) is 0 Å². The maximum Gasteiger partial charge on any atom is 0.341 e. The van der Waals surface area contributed by atoms with Gasteiger partial charge in [0.2, 0.25) is 0 Å². The molecule has 1 aromatic carbocycles. The number of hydrogen-bond acceptors (Lipinski definition) is 3. The van der Waals surface area contributed by atoms with Crippen LogP contribution in [0.5, 0.6) is 0 Å². The van der Waals surface area contributed by atoms with Gasteiger partial charge in [0.15, 0.2) is 5.76 Å². The predicted molar refractivity (Wildman–Crippen MR) is 76.9 cm³/mol. The van der Waals surface area contributed by atoms with E-state index in [1.165, 1.54) is 0 Å². The Morgan fingerprint density at radius 1 is 1.35 bits per heavy atom. The number of nitrogens with zero attached hydrogens (tertiary/aromatic N) is 1. The van der Waals surface area contributed by atoms with Crippen LogP contribution in [0.4, 0.5) is 0 Å². The number of carboxylic acid groups (broad SMARTS) is 1. The van der Waals surface area contributed by atoms with Crippen LogP contribution in [0, 0.1) is 19.8 Å². The molecule has 0 spiro atoms. The normalized spacial score (nSPS) is 11.1. The number of aromatic nitrogens is 1. The van der Waals surface area contributed by atoms with E-state index in [4.69, 9.17) is 4.52 Å². The molecule has 1 aromatic heterocycles. The van der Waals surface area contributed by atoms with Gasteiger partial charge >= 0.3 is 5.97 Å². The number of hydrogen-bond donors (Lipinski definition) is 1. The summed E-state index contributed by atoms with van der Waals surface area (Å²) in [4.78, 5) is 11.6. The van der Waals surface area contributed by atoms with E-state index >= 15 is 0 Å². The van der Waals surface area contributed by atoms with Crippen molar-refractivity contribution < 1.29 is 14.4 Å². The van der Waals surface area contributed by atoms with Crippen LogP contribution in [0.25, 0.3) is 11.3 Å². The van der Waals surface area contributed by atoms with Crippen molar-refractivity contribution in [2.75, 3.05) is 0 Å². The minimum absolute atomic E-state index is 0.187. The molecule has 0 saturated carbocycles. The fraction of sp³-hybridized carbons (Fsp3) is 0.375. The third-order valence-corrected chi connectivity index (χ3v) is 3.43. The lowest BCUT2D eigenvalue weighted by Gasteiger charge is -2.06. The summed E-state index contributed by atoms with van der Waals surface area (Å²) in [7, 11) is 0. The second-order valence-electron chi connectivity index (χ2n) is 5.48. The Morgan fingerprint density at radius 3 is 2.65 bits per heavy atom. The Hall–Kier alpha value is -2.10. The molecule has 4 heteroatoms. The van der Waals surface area contributed by atoms with Gasteiger partial charge in [-0.25, -0.2) is 4.79 Å². The highest BCUT2D eigenvalue weighted by Gasteiger charge is 2.25. The standard InChI is InChI=1S/C16H19NO3/c1-9(2)8-13-14(16(18)19)15(17-20-13)12-7-5-6-10(3)11(12)4/h5-7,9H,8H2,1-4H3,(H,18,19). The molecule has 2 rings (SSSR count). The van der Waals surface area contributed by atoms with Crippen molar-refractivity contribution in [2.24, 2.45) is 5.92 Å². The van der Waals surface area contributed by atoms with E-state index in [-0.39, 0.29) is 5.56 Å². The Morgan fingerprint density at radius 2 is 2.05 bits per heavy atom. The van der Waals surface area contributed by atoms with Crippen molar-refractivity contribution in [2.45, 2.75) is 34.1 Å². The highest BCUT2D eigenvalue weighted by Crippen LogP contribution is 2.30. The van der Waals surface area contributed by atoms with Gasteiger partial charge in [-0.2, -0.15) is 0 Å². The van der Waals surface area contributed by atoms with Crippen LogP contribution in [0.15, 0.2) is 22.7 Å². The van der Waals surface area contributed by atoms with Gasteiger partial charge in [-0.15, -0.1) is 0 Å². The molecule has 0 saturated heterocycles. The molecule has 0 bridgehead atoms. The lowest BCUT2D eigenvalue weighted by molar-refractivity contribution is 0.0695. The summed E-state index contributed by atoms with van der Waals surface area (Å²) in [6.07, 6.45) is 0.569. The maximum absolute atomic E-state index is 11.6. The zero-order chi connectivity index (χ0) is 14.9. The fourth-order valence-corrected chi connectivity index (χ4v) is 2.25. The Bertz CT molecular complexity index is 641. The number of aryl methyl sites for hydroxylation is 1. The Kier molecular flexibility index (Phi) is 3.93. The monoisotopic (exact) mass is 273 g/mol. The quantitative estimate of drug-likeness (QED) is 0.918. The first kappa shape index (κ1) is 14.3. The maximum atomic E-state index is 11.6. The van der Waals surface area contributed by atoms with Crippen LogP contribution in [-0.4, -0.2) is 16.2 Å². The SMILES string of the molecule is Cc1cccc(-c2noc(CC(C)C)c2C(=O)O)c1C. The van der Waals surface area contributed by atoms with E-state index in [2.05, 4.69) is 5.16 Å². The van der Waals surface area contributed by atoms with Crippen molar-refractivity contribution in [3.8, 4) is 11.3 Å². The van der Waals surface area contributed by atoms with Gasteiger partial charge in [0.05, 0.1) is 0 Å². The topological polar surface area (TPSA) is 63.3 Å². The summed E-state index contributed by atoms with van der Waals surface area (Å²) in [6.45, 7) is 8.00. The van der Waals surface area contributed by atoms with Crippen molar-refractivity contribution in [1.29, 1.82) is 0 Å². The average molecular weight is 273 g/mol. The van der Waals surface area contributed by atoms with Gasteiger partial charge in [0.25, 0.3) is 0 Å². The molecular formula is C16H19NO3. The molecule has 0 fully saturated rings. The lowest BCUT2D eigenvalue weighted by atomic mass is 9.96. The van der Waals surface area contributed by atoms with Gasteiger partial charge < -0.3 is 9.63 Å². The van der Waals surface area contributed by atoms with Crippen molar-refractivity contribution in [1.82, 2.24) is 5.16 Å². The summed E-state index contributed by atoms with van der Waals surface area (Å²) in [5.41, 5.74) is 3.56. The van der Waals surface area contributed by atoms with Crippen LogP contribution < -0.4 is 0 Å². The minimum atomic E-state index is -0.988. The van der Waals surface area contributed by atoms with Crippen molar-refractivity contribution in [3.05, 3.63) is 40.6 Å². The molecular weight excluding hydrogens is 254 g/mol. The van der Waals surface area contributed by atoms with Crippen molar-refractivity contribution >= 4 is 5.97 Å². The molecule has 4 nitrogen and oxygen atoms in total. The number of benzene rings is 1. The van der Waals surface area contributed by atoms with E-state index in [9.17, 15) is 9.90 Å². The molecule has 0 amide bonds. The van der Waals surface area contributed by atoms with Crippen LogP contribution in [0.3, 0.4) is 0 Å². The van der Waals surface area contributed by atoms with Crippen LogP contribution in [-0.2, 0) is 6.42 Å². The second kappa shape index (κ2) is 5.49. The first-order chi connectivity index (χ1) is 9.41. The largest absolute Gasteiger partial charge is 0.477 e. The fourth-order valence-electron chi connectivity index (χ4n) is 2.25. The van der Waals surface area contributed by atoms with Crippen molar-refractivity contribution in [3.63, 3.8) is 0 Å². The molecule has 0 aliphatic carbocycles. The summed E-state index contributed by atoms with van der Waals surface area (Å²) >= 11 is 0. The molecule has 20 heavy (non-hydrogen) atoms. The minimum Gasteiger partial charge on any atom is -0.477 e. The van der Waals surface area contributed by atoms with Gasteiger partial charge in [-0.1, -0.05) is 37.2 Å². The first-order valence-electron chi connectivity index (χ1n) is 6.70. The number of carbonyl (C=O) groups is 1. The molecule has 1 heterocycles. The molecule has 0 aliphatic heterocycles. The molecule has 0 aliphatic rings. The van der Waals surface area contributed by atoms with Crippen LogP contribution in [0.2, 0.25) is 0 Å². The van der Waals surface area contributed by atoms with E-state index in [0.29, 0.717) is 23.8 Å². The zero-order valence-corrected chi connectivity index (χ0v) is 12.2. The molecule has 0 radical (unpaired) electrons. The highest BCUT2D eigenvalue weighted by molar-refractivity contribution is 5.96. The third-order valence-electron chi connectivity index (χ3n) is 3.43. The van der Waals surface area contributed by atoms with Gasteiger partial charge in [-0.05, 0) is 30.9 Å². The molecule has 1 N–H and O–H groups in total. The Balaban J connectivity index is 2.60. The van der Waals surface area contributed by atoms with Gasteiger partial charge in [0.1, 0.15) is 11.3 Å². The Labute approximate surface area is 118 Å². The van der Waals surface area contributed by atoms with E-state index in [0.717, 1.165) is 16.7 Å². The number of aromatic carboxylic acids is 1. The number of carboxylic acids is 1. The number of rotatable bonds is 4. The van der Waals surface area contributed by atoms with Crippen LogP contribution in [0.1, 0.15) is 41.1 Å². The summed E-state index contributed by atoms with van der Waals surface area (Å²) in [5, 5.41) is 13.5. The van der Waals surface area contributed by atoms with Gasteiger partial charge in [-0.3, -0.25) is 0 Å². The molecule has 0 atom stereocenters. The lowest BCUT2D eigenvalue weighted by Crippen LogP contribution is -2.04.